The van der Waals surface area contributed by atoms with Crippen LogP contribution in [0.1, 0.15) is 4.88 Å². The fourth-order valence-electron chi connectivity index (χ4n) is 1.38. The molecular weight excluding hydrogens is 360 g/mol. The molecule has 0 unspecified atom stereocenters. The molecule has 0 atom stereocenters. The number of sulfonamides is 1. The highest BCUT2D eigenvalue weighted by Crippen LogP contribution is 2.21. The topological polar surface area (TPSA) is 46.2 Å². The summed E-state index contributed by atoms with van der Waals surface area (Å²) in [7, 11) is -4.00. The molecule has 0 aliphatic carbocycles. The zero-order valence-corrected chi connectivity index (χ0v) is 12.6. The molecule has 3 nitrogen and oxygen atoms in total. The van der Waals surface area contributed by atoms with E-state index in [0.717, 1.165) is 21.5 Å². The first-order valence-corrected chi connectivity index (χ1v) is 8.22. The summed E-state index contributed by atoms with van der Waals surface area (Å²) in [6.45, 7) is 0.0510. The molecule has 102 valence electrons. The fourth-order valence-corrected chi connectivity index (χ4v) is 3.93. The lowest BCUT2D eigenvalue weighted by molar-refractivity contribution is 0.543. The first-order chi connectivity index (χ1) is 8.88. The summed E-state index contributed by atoms with van der Waals surface area (Å²) in [5.41, 5.74) is 0. The van der Waals surface area contributed by atoms with Crippen LogP contribution in [0.3, 0.4) is 0 Å². The third-order valence-electron chi connectivity index (χ3n) is 2.24. The molecule has 0 fully saturated rings. The summed E-state index contributed by atoms with van der Waals surface area (Å²) in [6.07, 6.45) is 0. The van der Waals surface area contributed by atoms with Crippen LogP contribution in [-0.4, -0.2) is 8.42 Å². The highest BCUT2D eigenvalue weighted by molar-refractivity contribution is 9.10. The van der Waals surface area contributed by atoms with Crippen LogP contribution in [0, 0.1) is 11.6 Å². The molecule has 2 aromatic rings. The Labute approximate surface area is 121 Å². The Kier molecular flexibility index (Phi) is 4.34. The van der Waals surface area contributed by atoms with Crippen LogP contribution in [0.4, 0.5) is 8.78 Å². The van der Waals surface area contributed by atoms with E-state index in [1.54, 1.807) is 6.07 Å². The van der Waals surface area contributed by atoms with Gasteiger partial charge in [0.15, 0.2) is 0 Å². The zero-order chi connectivity index (χ0) is 14.0. The minimum absolute atomic E-state index is 0.0510. The number of benzene rings is 1. The molecule has 0 spiro atoms. The van der Waals surface area contributed by atoms with E-state index in [4.69, 9.17) is 0 Å². The van der Waals surface area contributed by atoms with E-state index < -0.39 is 26.6 Å². The second-order valence-corrected chi connectivity index (χ2v) is 7.28. The molecule has 0 saturated carbocycles. The van der Waals surface area contributed by atoms with Crippen molar-refractivity contribution in [2.24, 2.45) is 0 Å². The average molecular weight is 368 g/mol. The smallest absolute Gasteiger partial charge is 0.207 e. The molecule has 1 aromatic carbocycles. The van der Waals surface area contributed by atoms with Crippen LogP contribution in [0.2, 0.25) is 0 Å². The molecule has 0 radical (unpaired) electrons. The lowest BCUT2D eigenvalue weighted by Gasteiger charge is -2.06. The van der Waals surface area contributed by atoms with Crippen molar-refractivity contribution in [1.82, 2.24) is 4.72 Å². The number of halogens is 3. The molecule has 0 aliphatic heterocycles. The molecule has 2 rings (SSSR count). The van der Waals surface area contributed by atoms with Gasteiger partial charge in [-0.15, -0.1) is 11.3 Å². The Balaban J connectivity index is 2.18. The van der Waals surface area contributed by atoms with Crippen molar-refractivity contribution in [3.05, 3.63) is 50.6 Å². The quantitative estimate of drug-likeness (QED) is 0.901. The van der Waals surface area contributed by atoms with Crippen molar-refractivity contribution in [1.29, 1.82) is 0 Å². The van der Waals surface area contributed by atoms with E-state index >= 15 is 0 Å². The number of hydrogen-bond acceptors (Lipinski definition) is 3. The van der Waals surface area contributed by atoms with Crippen LogP contribution in [-0.2, 0) is 16.6 Å². The average Bonchev–Trinajstić information content (AvgIpc) is 2.72. The molecule has 0 saturated heterocycles. The van der Waals surface area contributed by atoms with Crippen molar-refractivity contribution in [3.63, 3.8) is 0 Å². The van der Waals surface area contributed by atoms with E-state index in [1.807, 2.05) is 5.38 Å². The highest BCUT2D eigenvalue weighted by Gasteiger charge is 2.19. The van der Waals surface area contributed by atoms with Gasteiger partial charge in [-0.3, -0.25) is 0 Å². The summed E-state index contributed by atoms with van der Waals surface area (Å²) < 4.78 is 53.0. The van der Waals surface area contributed by atoms with Gasteiger partial charge in [-0.25, -0.2) is 21.9 Å². The van der Waals surface area contributed by atoms with Crippen LogP contribution >= 0.6 is 27.3 Å². The Morgan fingerprint density at radius 3 is 2.58 bits per heavy atom. The van der Waals surface area contributed by atoms with E-state index in [2.05, 4.69) is 20.7 Å². The van der Waals surface area contributed by atoms with Gasteiger partial charge in [-0.05, 0) is 34.1 Å². The molecule has 0 amide bonds. The molecule has 1 aromatic heterocycles. The van der Waals surface area contributed by atoms with Crippen LogP contribution in [0.25, 0.3) is 0 Å². The van der Waals surface area contributed by atoms with Gasteiger partial charge < -0.3 is 0 Å². The second-order valence-electron chi connectivity index (χ2n) is 3.63. The number of hydrogen-bond donors (Lipinski definition) is 1. The lowest BCUT2D eigenvalue weighted by Crippen LogP contribution is -2.23. The molecule has 1 N–H and O–H groups in total. The van der Waals surface area contributed by atoms with Gasteiger partial charge in [0.1, 0.15) is 16.5 Å². The standard InChI is InChI=1S/C11H8BrF2NO2S2/c12-7-3-9(18-6-7)5-15-19(16,17)11-2-1-8(13)4-10(11)14/h1-4,6,15H,5H2. The maximum atomic E-state index is 13.4. The molecule has 0 aliphatic rings. The van der Waals surface area contributed by atoms with Gasteiger partial charge in [0.25, 0.3) is 0 Å². The third kappa shape index (κ3) is 3.59. The van der Waals surface area contributed by atoms with Gasteiger partial charge in [-0.1, -0.05) is 0 Å². The maximum absolute atomic E-state index is 13.4. The van der Waals surface area contributed by atoms with Crippen molar-refractivity contribution in [2.45, 2.75) is 11.4 Å². The molecule has 19 heavy (non-hydrogen) atoms. The Bertz CT molecular complexity index is 700. The van der Waals surface area contributed by atoms with Crippen molar-refractivity contribution < 1.29 is 17.2 Å². The summed E-state index contributed by atoms with van der Waals surface area (Å²) in [4.78, 5) is 0.211. The van der Waals surface area contributed by atoms with Gasteiger partial charge in [0, 0.05) is 27.3 Å². The van der Waals surface area contributed by atoms with E-state index in [1.165, 1.54) is 11.3 Å². The lowest BCUT2D eigenvalue weighted by atomic mass is 10.3. The highest BCUT2D eigenvalue weighted by atomic mass is 79.9. The summed E-state index contributed by atoms with van der Waals surface area (Å²) in [6, 6.07) is 4.10. The van der Waals surface area contributed by atoms with E-state index in [-0.39, 0.29) is 6.54 Å². The summed E-state index contributed by atoms with van der Waals surface area (Å²) >= 11 is 4.61. The fraction of sp³-hybridized carbons (Fsp3) is 0.0909. The molecule has 1 heterocycles. The van der Waals surface area contributed by atoms with Crippen molar-refractivity contribution in [2.75, 3.05) is 0 Å². The first-order valence-electron chi connectivity index (χ1n) is 5.06. The first kappa shape index (κ1) is 14.6. The number of nitrogens with one attached hydrogen (secondary N) is 1. The van der Waals surface area contributed by atoms with Gasteiger partial charge in [0.2, 0.25) is 10.0 Å². The predicted octanol–water partition coefficient (Wildman–Crippen LogP) is 3.27. The largest absolute Gasteiger partial charge is 0.243 e. The van der Waals surface area contributed by atoms with Crippen molar-refractivity contribution >= 4 is 37.3 Å². The second kappa shape index (κ2) is 5.66. The van der Waals surface area contributed by atoms with Gasteiger partial charge >= 0.3 is 0 Å². The predicted molar refractivity (Wildman–Crippen MR) is 72.4 cm³/mol. The van der Waals surface area contributed by atoms with Gasteiger partial charge in [0.05, 0.1) is 0 Å². The van der Waals surface area contributed by atoms with Crippen LogP contribution in [0.15, 0.2) is 39.0 Å². The third-order valence-corrected chi connectivity index (χ3v) is 5.37. The summed E-state index contributed by atoms with van der Waals surface area (Å²) in [5, 5.41) is 1.81. The van der Waals surface area contributed by atoms with Crippen LogP contribution in [0.5, 0.6) is 0 Å². The Morgan fingerprint density at radius 2 is 2.00 bits per heavy atom. The minimum atomic E-state index is -4.00. The van der Waals surface area contributed by atoms with Crippen LogP contribution < -0.4 is 4.72 Å². The molecule has 8 heteroatoms. The summed E-state index contributed by atoms with van der Waals surface area (Å²) in [5.74, 6) is -1.93. The van der Waals surface area contributed by atoms with E-state index in [0.29, 0.717) is 6.07 Å². The van der Waals surface area contributed by atoms with E-state index in [9.17, 15) is 17.2 Å². The number of rotatable bonds is 4. The normalized spacial score (nSPS) is 11.7. The molecule has 0 bridgehead atoms. The van der Waals surface area contributed by atoms with Crippen molar-refractivity contribution in [3.8, 4) is 0 Å². The minimum Gasteiger partial charge on any atom is -0.207 e. The van der Waals surface area contributed by atoms with Gasteiger partial charge in [-0.2, -0.15) is 0 Å². The SMILES string of the molecule is O=S(=O)(NCc1cc(Br)cs1)c1ccc(F)cc1F. The monoisotopic (exact) mass is 367 g/mol. The zero-order valence-electron chi connectivity index (χ0n) is 9.36. The number of thiophene rings is 1. The Hall–Kier alpha value is -0.830. The maximum Gasteiger partial charge on any atom is 0.243 e. The molecular formula is C11H8BrF2NO2S2. The Morgan fingerprint density at radius 1 is 1.26 bits per heavy atom.